The molecule has 1 N–H and O–H groups in total. The summed E-state index contributed by atoms with van der Waals surface area (Å²) in [6.45, 7) is 22.4. The van der Waals surface area contributed by atoms with E-state index in [0.717, 1.165) is 28.5 Å². The van der Waals surface area contributed by atoms with Gasteiger partial charge in [0.05, 0.1) is 22.8 Å². The lowest BCUT2D eigenvalue weighted by molar-refractivity contribution is 0.551. The molecule has 0 amide bonds. The number of anilines is 1. The SMILES string of the molecule is CC(=Nc1c(C(C)C)cccc1C(C)C)C1=CC=C/C(=C(\C)Nc2c(C(C)C)cccc2C(C)C)N1C. The van der Waals surface area contributed by atoms with Gasteiger partial charge in [0.2, 0.25) is 0 Å². The number of para-hydroxylation sites is 2. The number of aliphatic imine (C=N–C) groups is 1. The molecule has 0 fully saturated rings. The second-order valence-electron chi connectivity index (χ2n) is 11.5. The van der Waals surface area contributed by atoms with E-state index in [1.807, 2.05) is 0 Å². The fourth-order valence-electron chi connectivity index (χ4n) is 5.14. The molecule has 2 aromatic rings. The fraction of sp³-hybridized carbons (Fsp3) is 0.441. The van der Waals surface area contributed by atoms with Crippen LogP contribution in [0.5, 0.6) is 0 Å². The first-order valence-electron chi connectivity index (χ1n) is 13.8. The van der Waals surface area contributed by atoms with E-state index in [9.17, 15) is 0 Å². The largest absolute Gasteiger partial charge is 0.357 e. The van der Waals surface area contributed by atoms with Gasteiger partial charge in [0, 0.05) is 18.4 Å². The predicted octanol–water partition coefficient (Wildman–Crippen LogP) is 10.0. The molecule has 0 atom stereocenters. The van der Waals surface area contributed by atoms with Crippen molar-refractivity contribution >= 4 is 17.1 Å². The van der Waals surface area contributed by atoms with Crippen molar-refractivity contribution in [2.24, 2.45) is 4.99 Å². The lowest BCUT2D eigenvalue weighted by Gasteiger charge is -2.30. The Morgan fingerprint density at radius 2 is 1.19 bits per heavy atom. The van der Waals surface area contributed by atoms with E-state index in [1.54, 1.807) is 0 Å². The van der Waals surface area contributed by atoms with E-state index in [-0.39, 0.29) is 0 Å². The van der Waals surface area contributed by atoms with Crippen LogP contribution in [-0.4, -0.2) is 17.7 Å². The average Bonchev–Trinajstić information content (AvgIpc) is 2.83. The van der Waals surface area contributed by atoms with Crippen molar-refractivity contribution in [3.63, 3.8) is 0 Å². The maximum atomic E-state index is 5.26. The molecular weight excluding hydrogens is 450 g/mol. The number of rotatable bonds is 8. The Balaban J connectivity index is 2.03. The van der Waals surface area contributed by atoms with Crippen molar-refractivity contribution in [1.29, 1.82) is 0 Å². The summed E-state index contributed by atoms with van der Waals surface area (Å²) in [5, 5.41) is 3.82. The molecule has 0 aliphatic carbocycles. The van der Waals surface area contributed by atoms with Crippen molar-refractivity contribution < 1.29 is 0 Å². The second-order valence-corrected chi connectivity index (χ2v) is 11.5. The minimum absolute atomic E-state index is 0.418. The summed E-state index contributed by atoms with van der Waals surface area (Å²) < 4.78 is 0. The van der Waals surface area contributed by atoms with Crippen LogP contribution in [0, 0.1) is 0 Å². The van der Waals surface area contributed by atoms with Gasteiger partial charge in [-0.2, -0.15) is 0 Å². The lowest BCUT2D eigenvalue weighted by Crippen LogP contribution is -2.25. The van der Waals surface area contributed by atoms with Crippen LogP contribution in [0.1, 0.15) is 115 Å². The number of allylic oxidation sites excluding steroid dienone is 5. The van der Waals surface area contributed by atoms with E-state index < -0.39 is 0 Å². The third-order valence-electron chi connectivity index (χ3n) is 7.29. The minimum atomic E-state index is 0.418. The van der Waals surface area contributed by atoms with Crippen LogP contribution in [-0.2, 0) is 0 Å². The van der Waals surface area contributed by atoms with E-state index in [0.29, 0.717) is 23.7 Å². The number of likely N-dealkylation sites (N-methyl/N-ethyl adjacent to an activating group) is 1. The van der Waals surface area contributed by atoms with Crippen LogP contribution in [0.4, 0.5) is 11.4 Å². The van der Waals surface area contributed by atoms with Gasteiger partial charge in [-0.25, -0.2) is 0 Å². The number of hydrogen-bond donors (Lipinski definition) is 1. The highest BCUT2D eigenvalue weighted by Gasteiger charge is 2.20. The predicted molar refractivity (Wildman–Crippen MR) is 163 cm³/mol. The summed E-state index contributed by atoms with van der Waals surface area (Å²) in [5.74, 6) is 1.72. The van der Waals surface area contributed by atoms with Crippen LogP contribution in [0.15, 0.2) is 76.7 Å². The summed E-state index contributed by atoms with van der Waals surface area (Å²) in [6.07, 6.45) is 6.50. The zero-order valence-electron chi connectivity index (χ0n) is 24.9. The Morgan fingerprint density at radius 3 is 1.65 bits per heavy atom. The van der Waals surface area contributed by atoms with Gasteiger partial charge in [0.1, 0.15) is 0 Å². The molecule has 0 saturated heterocycles. The highest BCUT2D eigenvalue weighted by molar-refractivity contribution is 6.00. The molecule has 2 aromatic carbocycles. The topological polar surface area (TPSA) is 27.6 Å². The molecule has 1 heterocycles. The number of benzene rings is 2. The molecule has 3 nitrogen and oxygen atoms in total. The smallest absolute Gasteiger partial charge is 0.0702 e. The molecule has 1 aliphatic heterocycles. The summed E-state index contributed by atoms with van der Waals surface area (Å²) in [4.78, 5) is 7.52. The van der Waals surface area contributed by atoms with Crippen molar-refractivity contribution in [3.8, 4) is 0 Å². The van der Waals surface area contributed by atoms with Gasteiger partial charge in [0.25, 0.3) is 0 Å². The Labute approximate surface area is 226 Å². The van der Waals surface area contributed by atoms with Crippen molar-refractivity contribution in [3.05, 3.63) is 94.0 Å². The maximum Gasteiger partial charge on any atom is 0.0702 e. The molecule has 1 aliphatic rings. The summed E-state index contributed by atoms with van der Waals surface area (Å²) >= 11 is 0. The first-order chi connectivity index (χ1) is 17.4. The molecule has 0 saturated carbocycles. The van der Waals surface area contributed by atoms with E-state index in [1.165, 1.54) is 27.9 Å². The quantitative estimate of drug-likeness (QED) is 0.367. The van der Waals surface area contributed by atoms with Crippen LogP contribution in [0.2, 0.25) is 0 Å². The summed E-state index contributed by atoms with van der Waals surface area (Å²) in [6, 6.07) is 13.3. The second kappa shape index (κ2) is 12.0. The zero-order chi connectivity index (χ0) is 27.4. The Kier molecular flexibility index (Phi) is 9.23. The van der Waals surface area contributed by atoms with Crippen LogP contribution < -0.4 is 5.32 Å². The van der Waals surface area contributed by atoms with E-state index in [2.05, 4.69) is 141 Å². The number of nitrogens with zero attached hydrogens (tertiary/aromatic N) is 2. The fourth-order valence-corrected chi connectivity index (χ4v) is 5.14. The molecule has 0 aromatic heterocycles. The molecule has 3 heteroatoms. The van der Waals surface area contributed by atoms with Crippen LogP contribution >= 0.6 is 0 Å². The molecule has 0 bridgehead atoms. The maximum absolute atomic E-state index is 5.26. The minimum Gasteiger partial charge on any atom is -0.357 e. The molecule has 0 radical (unpaired) electrons. The summed E-state index contributed by atoms with van der Waals surface area (Å²) in [5.41, 5.74) is 12.1. The molecule has 3 rings (SSSR count). The third kappa shape index (κ3) is 6.26. The molecular formula is C34H47N3. The molecule has 0 unspecified atom stereocenters. The normalized spacial score (nSPS) is 15.8. The van der Waals surface area contributed by atoms with Crippen molar-refractivity contribution in [2.75, 3.05) is 12.4 Å². The third-order valence-corrected chi connectivity index (χ3v) is 7.29. The zero-order valence-corrected chi connectivity index (χ0v) is 24.9. The lowest BCUT2D eigenvalue weighted by atomic mass is 9.92. The van der Waals surface area contributed by atoms with Crippen LogP contribution in [0.25, 0.3) is 0 Å². The van der Waals surface area contributed by atoms with E-state index in [4.69, 9.17) is 4.99 Å². The Bertz CT molecular complexity index is 1180. The molecule has 198 valence electrons. The van der Waals surface area contributed by atoms with Gasteiger partial charge < -0.3 is 10.2 Å². The Hall–Kier alpha value is -3.07. The monoisotopic (exact) mass is 497 g/mol. The average molecular weight is 498 g/mol. The van der Waals surface area contributed by atoms with E-state index >= 15 is 0 Å². The first-order valence-corrected chi connectivity index (χ1v) is 13.8. The standard InChI is InChI=1S/C34H47N3/c1-21(2)27-15-12-16-28(22(3)4)33(27)35-25(9)31-19-14-20-32(37(31)11)26(10)36-34-29(23(5)6)17-13-18-30(34)24(7)8/h12-24,35H,1-11H3/b31-25-,36-26?. The van der Waals surface area contributed by atoms with Gasteiger partial charge in [-0.1, -0.05) is 97.9 Å². The van der Waals surface area contributed by atoms with Crippen molar-refractivity contribution in [2.45, 2.75) is 92.9 Å². The number of hydrogen-bond acceptors (Lipinski definition) is 3. The summed E-state index contributed by atoms with van der Waals surface area (Å²) in [7, 11) is 2.14. The van der Waals surface area contributed by atoms with Gasteiger partial charge in [0.15, 0.2) is 0 Å². The molecule has 37 heavy (non-hydrogen) atoms. The molecule has 0 spiro atoms. The highest BCUT2D eigenvalue weighted by Crippen LogP contribution is 2.37. The highest BCUT2D eigenvalue weighted by atomic mass is 15.1. The van der Waals surface area contributed by atoms with Gasteiger partial charge >= 0.3 is 0 Å². The van der Waals surface area contributed by atoms with Crippen molar-refractivity contribution in [1.82, 2.24) is 4.90 Å². The first kappa shape index (κ1) is 28.5. The van der Waals surface area contributed by atoms with Gasteiger partial charge in [-0.3, -0.25) is 4.99 Å². The van der Waals surface area contributed by atoms with Gasteiger partial charge in [-0.15, -0.1) is 0 Å². The Morgan fingerprint density at radius 1 is 0.730 bits per heavy atom. The van der Waals surface area contributed by atoms with Gasteiger partial charge in [-0.05, 0) is 71.9 Å². The van der Waals surface area contributed by atoms with Crippen LogP contribution in [0.3, 0.4) is 0 Å². The number of nitrogens with one attached hydrogen (secondary N) is 1.